The van der Waals surface area contributed by atoms with Gasteiger partial charge in [-0.05, 0) is 26.3 Å². The highest BCUT2D eigenvalue weighted by molar-refractivity contribution is 7.99. The second-order valence-corrected chi connectivity index (χ2v) is 8.55. The number of rotatable bonds is 16. The van der Waals surface area contributed by atoms with E-state index >= 15 is 0 Å². The van der Waals surface area contributed by atoms with Crippen LogP contribution in [0.4, 0.5) is 0 Å². The van der Waals surface area contributed by atoms with Gasteiger partial charge in [0.25, 0.3) is 0 Å². The Labute approximate surface area is 196 Å². The highest BCUT2D eigenvalue weighted by Gasteiger charge is 2.14. The minimum absolute atomic E-state index is 0.678. The van der Waals surface area contributed by atoms with Gasteiger partial charge in [-0.2, -0.15) is 0 Å². The number of ether oxygens (including phenoxy) is 2. The van der Waals surface area contributed by atoms with Crippen molar-refractivity contribution in [1.29, 1.82) is 0 Å². The Morgan fingerprint density at radius 1 is 0.812 bits per heavy atom. The summed E-state index contributed by atoms with van der Waals surface area (Å²) in [5, 5.41) is 4.43. The van der Waals surface area contributed by atoms with E-state index in [2.05, 4.69) is 58.8 Å². The molecule has 172 valence electrons. The lowest BCUT2D eigenvalue weighted by molar-refractivity contribution is 0.0540. The molecule has 2 N–H and O–H groups in total. The molecule has 1 heterocycles. The number of hydrogen-bond donors (Lipinski definition) is 2. The van der Waals surface area contributed by atoms with Gasteiger partial charge < -0.3 is 19.8 Å². The van der Waals surface area contributed by atoms with Crippen molar-refractivity contribution in [1.82, 2.24) is 15.3 Å². The smallest absolute Gasteiger partial charge is 0.166 e. The van der Waals surface area contributed by atoms with Crippen LogP contribution in [0, 0.1) is 0 Å². The number of benzene rings is 2. The van der Waals surface area contributed by atoms with Gasteiger partial charge in [0, 0.05) is 30.0 Å². The van der Waals surface area contributed by atoms with Crippen LogP contribution < -0.4 is 5.32 Å². The molecule has 0 saturated heterocycles. The van der Waals surface area contributed by atoms with Crippen LogP contribution in [0.2, 0.25) is 0 Å². The molecule has 6 heteroatoms. The third kappa shape index (κ3) is 8.43. The molecule has 0 fully saturated rings. The Hall–Kier alpha value is -2.12. The Kier molecular flexibility index (Phi) is 11.4. The Morgan fingerprint density at radius 2 is 1.53 bits per heavy atom. The fourth-order valence-corrected chi connectivity index (χ4v) is 4.24. The summed E-state index contributed by atoms with van der Waals surface area (Å²) >= 11 is 1.81. The van der Waals surface area contributed by atoms with Crippen molar-refractivity contribution in [2.24, 2.45) is 0 Å². The minimum Gasteiger partial charge on any atom is -0.379 e. The lowest BCUT2D eigenvalue weighted by Crippen LogP contribution is -2.21. The second kappa shape index (κ2) is 14.9. The van der Waals surface area contributed by atoms with Crippen LogP contribution in [0.3, 0.4) is 0 Å². The van der Waals surface area contributed by atoms with Crippen LogP contribution in [0.1, 0.15) is 26.2 Å². The first kappa shape index (κ1) is 24.5. The lowest BCUT2D eigenvalue weighted by Gasteiger charge is -2.06. The molecule has 2 aromatic carbocycles. The molecule has 3 aromatic rings. The van der Waals surface area contributed by atoms with Crippen LogP contribution in [0.15, 0.2) is 65.8 Å². The van der Waals surface area contributed by atoms with E-state index in [4.69, 9.17) is 14.5 Å². The maximum atomic E-state index is 5.50. The molecule has 5 nitrogen and oxygen atoms in total. The van der Waals surface area contributed by atoms with Gasteiger partial charge in [-0.3, -0.25) is 0 Å². The zero-order valence-corrected chi connectivity index (χ0v) is 19.8. The highest BCUT2D eigenvalue weighted by atomic mass is 32.2. The molecule has 0 spiro atoms. The predicted octanol–water partition coefficient (Wildman–Crippen LogP) is 5.65. The normalized spacial score (nSPS) is 11.2. The number of thioether (sulfide) groups is 1. The van der Waals surface area contributed by atoms with Crippen molar-refractivity contribution >= 4 is 11.8 Å². The number of nitrogens with zero attached hydrogens (tertiary/aromatic N) is 1. The number of nitrogens with one attached hydrogen (secondary N) is 2. The fraction of sp³-hybridized carbons (Fsp3) is 0.423. The number of aromatic amines is 1. The molecule has 0 bridgehead atoms. The number of H-pyrrole nitrogens is 1. The molecule has 0 radical (unpaired) electrons. The van der Waals surface area contributed by atoms with Gasteiger partial charge in [0.2, 0.25) is 0 Å². The molecule has 0 unspecified atom stereocenters. The quantitative estimate of drug-likeness (QED) is 0.217. The van der Waals surface area contributed by atoms with E-state index in [-0.39, 0.29) is 0 Å². The number of hydrogen-bond acceptors (Lipinski definition) is 5. The topological polar surface area (TPSA) is 59.2 Å². The molecule has 0 aliphatic heterocycles. The van der Waals surface area contributed by atoms with Crippen LogP contribution >= 0.6 is 11.8 Å². The van der Waals surface area contributed by atoms with E-state index in [1.165, 1.54) is 24.8 Å². The van der Waals surface area contributed by atoms with E-state index in [0.29, 0.717) is 13.2 Å². The minimum atomic E-state index is 0.678. The van der Waals surface area contributed by atoms with Crippen molar-refractivity contribution in [2.75, 3.05) is 45.3 Å². The number of aromatic nitrogens is 2. The molecule has 0 amide bonds. The maximum absolute atomic E-state index is 5.50. The third-order valence-electron chi connectivity index (χ3n) is 5.03. The first-order chi connectivity index (χ1) is 15.9. The van der Waals surface area contributed by atoms with Crippen LogP contribution in [-0.2, 0) is 9.47 Å². The van der Waals surface area contributed by atoms with Crippen molar-refractivity contribution in [3.05, 3.63) is 60.7 Å². The van der Waals surface area contributed by atoms with Crippen LogP contribution in [0.5, 0.6) is 0 Å². The molecular formula is C26H35N3O2S. The first-order valence-electron chi connectivity index (χ1n) is 11.6. The SMILES string of the molecule is CCOCCOCCNCCCCCSc1nc(-c2ccccc2)c(-c2ccccc2)[nH]1. The first-order valence-corrected chi connectivity index (χ1v) is 12.6. The summed E-state index contributed by atoms with van der Waals surface area (Å²) in [4.78, 5) is 8.48. The van der Waals surface area contributed by atoms with Crippen LogP contribution in [0.25, 0.3) is 22.5 Å². The molecule has 0 aliphatic rings. The predicted molar refractivity (Wildman–Crippen MR) is 134 cm³/mol. The van der Waals surface area contributed by atoms with Gasteiger partial charge in [-0.15, -0.1) is 0 Å². The molecule has 3 rings (SSSR count). The zero-order valence-electron chi connectivity index (χ0n) is 19.0. The fourth-order valence-electron chi connectivity index (χ4n) is 3.37. The van der Waals surface area contributed by atoms with Gasteiger partial charge in [-0.1, -0.05) is 78.8 Å². The van der Waals surface area contributed by atoms with E-state index < -0.39 is 0 Å². The van der Waals surface area contributed by atoms with Gasteiger partial charge in [0.15, 0.2) is 5.16 Å². The van der Waals surface area contributed by atoms with E-state index in [1.807, 2.05) is 30.8 Å². The van der Waals surface area contributed by atoms with Crippen molar-refractivity contribution in [3.63, 3.8) is 0 Å². The summed E-state index contributed by atoms with van der Waals surface area (Å²) < 4.78 is 10.8. The Bertz CT molecular complexity index is 814. The summed E-state index contributed by atoms with van der Waals surface area (Å²) in [6.07, 6.45) is 3.57. The summed E-state index contributed by atoms with van der Waals surface area (Å²) in [5.41, 5.74) is 4.42. The zero-order chi connectivity index (χ0) is 22.3. The molecule has 0 aliphatic carbocycles. The summed E-state index contributed by atoms with van der Waals surface area (Å²) in [5.74, 6) is 1.07. The van der Waals surface area contributed by atoms with E-state index in [9.17, 15) is 0 Å². The molecule has 0 saturated carbocycles. The van der Waals surface area contributed by atoms with Gasteiger partial charge >= 0.3 is 0 Å². The summed E-state index contributed by atoms with van der Waals surface area (Å²) in [7, 11) is 0. The molecular weight excluding hydrogens is 418 g/mol. The maximum Gasteiger partial charge on any atom is 0.166 e. The van der Waals surface area contributed by atoms with Gasteiger partial charge in [-0.25, -0.2) is 4.98 Å². The van der Waals surface area contributed by atoms with Gasteiger partial charge in [0.1, 0.15) is 0 Å². The average molecular weight is 454 g/mol. The molecule has 1 aromatic heterocycles. The van der Waals surface area contributed by atoms with Crippen LogP contribution in [-0.4, -0.2) is 55.2 Å². The van der Waals surface area contributed by atoms with Crippen molar-refractivity contribution in [3.8, 4) is 22.5 Å². The monoisotopic (exact) mass is 453 g/mol. The lowest BCUT2D eigenvalue weighted by atomic mass is 10.1. The molecule has 32 heavy (non-hydrogen) atoms. The van der Waals surface area contributed by atoms with E-state index in [0.717, 1.165) is 54.2 Å². The van der Waals surface area contributed by atoms with E-state index in [1.54, 1.807) is 0 Å². The number of imidazole rings is 1. The largest absolute Gasteiger partial charge is 0.379 e. The second-order valence-electron chi connectivity index (χ2n) is 7.47. The standard InChI is InChI=1S/C26H35N3O2S/c1-2-30-19-20-31-18-17-27-16-10-5-11-21-32-26-28-24(22-12-6-3-7-13-22)25(29-26)23-14-8-4-9-15-23/h3-4,6-9,12-15,27H,2,5,10-11,16-21H2,1H3,(H,28,29). The number of unbranched alkanes of at least 4 members (excludes halogenated alkanes) is 2. The van der Waals surface area contributed by atoms with Gasteiger partial charge in [0.05, 0.1) is 31.2 Å². The summed E-state index contributed by atoms with van der Waals surface area (Å²) in [6, 6.07) is 20.8. The Balaban J connectivity index is 1.37. The average Bonchev–Trinajstić information content (AvgIpc) is 3.27. The Morgan fingerprint density at radius 3 is 2.28 bits per heavy atom. The summed E-state index contributed by atoms with van der Waals surface area (Å²) in [6.45, 7) is 6.80. The van der Waals surface area contributed by atoms with Crippen molar-refractivity contribution < 1.29 is 9.47 Å². The van der Waals surface area contributed by atoms with Crippen molar-refractivity contribution in [2.45, 2.75) is 31.3 Å². The third-order valence-corrected chi connectivity index (χ3v) is 5.99. The highest BCUT2D eigenvalue weighted by Crippen LogP contribution is 2.32. The molecule has 0 atom stereocenters.